The SMILES string of the molecule is C=C[C@H]1CN2CCC1C[C@H]2[C@H](O)c1c2c(nc3ccc(OC)cc13)OC(=O)C(O)C(O)C(=O)O2. The van der Waals surface area contributed by atoms with E-state index in [0.29, 0.717) is 34.9 Å². The van der Waals surface area contributed by atoms with Crippen LogP contribution in [0.25, 0.3) is 10.9 Å². The summed E-state index contributed by atoms with van der Waals surface area (Å²) in [7, 11) is 1.50. The Hall–Kier alpha value is -3.05. The number of piperidine rings is 3. The number of nitrogens with zero attached hydrogens (tertiary/aromatic N) is 2. The molecule has 10 nitrogen and oxygen atoms in total. The molecule has 5 heterocycles. The van der Waals surface area contributed by atoms with E-state index in [0.717, 1.165) is 19.5 Å². The molecule has 7 atom stereocenters. The second-order valence-corrected chi connectivity index (χ2v) is 8.97. The molecule has 1 aromatic carbocycles. The van der Waals surface area contributed by atoms with Crippen LogP contribution in [0.3, 0.4) is 0 Å². The van der Waals surface area contributed by atoms with Gasteiger partial charge in [0.05, 0.1) is 18.7 Å². The van der Waals surface area contributed by atoms with Crippen LogP contribution >= 0.6 is 0 Å². The topological polar surface area (TPSA) is 139 Å². The fourth-order valence-electron chi connectivity index (χ4n) is 5.29. The molecule has 2 bridgehead atoms. The van der Waals surface area contributed by atoms with Gasteiger partial charge in [-0.3, -0.25) is 4.90 Å². The highest BCUT2D eigenvalue weighted by Crippen LogP contribution is 2.47. The molecule has 4 aliphatic heterocycles. The highest BCUT2D eigenvalue weighted by atomic mass is 16.6. The third-order valence-electron chi connectivity index (χ3n) is 7.15. The van der Waals surface area contributed by atoms with Crippen molar-refractivity contribution in [3.8, 4) is 17.4 Å². The van der Waals surface area contributed by atoms with E-state index in [1.807, 2.05) is 6.08 Å². The standard InChI is InChI=1S/C24H26N2O8/c1-3-11-10-26-7-6-12(11)8-16(26)18(27)17-14-9-13(32-2)4-5-15(14)25-22-21(17)33-23(30)19(28)20(29)24(31)34-22/h3-5,9,11-12,16,18-20,27-29H,1,6-8,10H2,2H3/t11-,12?,16-,18-,19?,20?/m0/s1. The first-order chi connectivity index (χ1) is 16.3. The molecule has 180 valence electrons. The number of carbonyl (C=O) groups is 2. The molecule has 2 aromatic rings. The van der Waals surface area contributed by atoms with Crippen molar-refractivity contribution in [1.29, 1.82) is 0 Å². The number of hydrogen-bond acceptors (Lipinski definition) is 10. The zero-order valence-electron chi connectivity index (χ0n) is 18.6. The summed E-state index contributed by atoms with van der Waals surface area (Å²) < 4.78 is 15.9. The van der Waals surface area contributed by atoms with Gasteiger partial charge in [-0.2, -0.15) is 0 Å². The van der Waals surface area contributed by atoms with Crippen LogP contribution in [-0.2, 0) is 9.59 Å². The third-order valence-corrected chi connectivity index (χ3v) is 7.15. The minimum Gasteiger partial charge on any atom is -0.497 e. The number of carbonyl (C=O) groups excluding carboxylic acids is 2. The maximum absolute atomic E-state index is 12.5. The van der Waals surface area contributed by atoms with E-state index >= 15 is 0 Å². The number of esters is 2. The van der Waals surface area contributed by atoms with Gasteiger partial charge >= 0.3 is 11.9 Å². The first-order valence-corrected chi connectivity index (χ1v) is 11.2. The molecule has 3 saturated heterocycles. The van der Waals surface area contributed by atoms with Crippen molar-refractivity contribution in [2.45, 2.75) is 37.2 Å². The molecule has 6 rings (SSSR count). The van der Waals surface area contributed by atoms with Crippen molar-refractivity contribution in [3.63, 3.8) is 0 Å². The van der Waals surface area contributed by atoms with E-state index in [4.69, 9.17) is 14.2 Å². The zero-order valence-corrected chi connectivity index (χ0v) is 18.6. The second kappa shape index (κ2) is 8.62. The van der Waals surface area contributed by atoms with Crippen molar-refractivity contribution >= 4 is 22.8 Å². The predicted molar refractivity (Wildman–Crippen MR) is 118 cm³/mol. The molecular formula is C24H26N2O8. The van der Waals surface area contributed by atoms with Crippen molar-refractivity contribution in [2.75, 3.05) is 20.2 Å². The van der Waals surface area contributed by atoms with Crippen LogP contribution in [0.2, 0.25) is 0 Å². The molecule has 0 amide bonds. The molecule has 1 aromatic heterocycles. The van der Waals surface area contributed by atoms with Crippen molar-refractivity contribution in [3.05, 3.63) is 36.4 Å². The number of ether oxygens (including phenoxy) is 3. The normalized spacial score (nSPS) is 31.6. The lowest BCUT2D eigenvalue weighted by Gasteiger charge is -2.50. The molecular weight excluding hydrogens is 444 g/mol. The molecule has 4 unspecified atom stereocenters. The Bertz CT molecular complexity index is 1170. The van der Waals surface area contributed by atoms with Crippen LogP contribution in [0.15, 0.2) is 30.9 Å². The Morgan fingerprint density at radius 1 is 1.24 bits per heavy atom. The van der Waals surface area contributed by atoms with Gasteiger partial charge in [-0.25, -0.2) is 14.6 Å². The number of aliphatic hydroxyl groups is 3. The third kappa shape index (κ3) is 3.63. The number of aliphatic hydroxyl groups excluding tert-OH is 3. The number of hydrogen-bond donors (Lipinski definition) is 3. The molecule has 0 radical (unpaired) electrons. The summed E-state index contributed by atoms with van der Waals surface area (Å²) in [5.41, 5.74) is 0.573. The molecule has 4 aliphatic rings. The molecule has 0 aliphatic carbocycles. The molecule has 3 fully saturated rings. The Morgan fingerprint density at radius 2 is 1.97 bits per heavy atom. The number of pyridine rings is 1. The fourth-order valence-corrected chi connectivity index (χ4v) is 5.29. The molecule has 3 N–H and O–H groups in total. The second-order valence-electron chi connectivity index (χ2n) is 8.97. The predicted octanol–water partition coefficient (Wildman–Crippen LogP) is 0.719. The minimum absolute atomic E-state index is 0.205. The van der Waals surface area contributed by atoms with E-state index in [2.05, 4.69) is 16.5 Å². The van der Waals surface area contributed by atoms with Crippen molar-refractivity contribution in [1.82, 2.24) is 9.88 Å². The van der Waals surface area contributed by atoms with Crippen LogP contribution in [0.1, 0.15) is 24.5 Å². The summed E-state index contributed by atoms with van der Waals surface area (Å²) in [6.45, 7) is 5.50. The van der Waals surface area contributed by atoms with Gasteiger partial charge in [0.25, 0.3) is 5.88 Å². The Morgan fingerprint density at radius 3 is 2.62 bits per heavy atom. The number of benzene rings is 1. The summed E-state index contributed by atoms with van der Waals surface area (Å²) in [5, 5.41) is 32.1. The van der Waals surface area contributed by atoms with E-state index in [1.165, 1.54) is 7.11 Å². The summed E-state index contributed by atoms with van der Waals surface area (Å²) in [6.07, 6.45) is -1.74. The van der Waals surface area contributed by atoms with Gasteiger partial charge in [0, 0.05) is 23.5 Å². The lowest BCUT2D eigenvalue weighted by atomic mass is 9.73. The van der Waals surface area contributed by atoms with Gasteiger partial charge in [0.15, 0.2) is 18.0 Å². The summed E-state index contributed by atoms with van der Waals surface area (Å²) in [4.78, 5) is 31.3. The Labute approximate surface area is 195 Å². The quantitative estimate of drug-likeness (QED) is 0.433. The van der Waals surface area contributed by atoms with Crippen LogP contribution < -0.4 is 14.2 Å². The fraction of sp³-hybridized carbons (Fsp3) is 0.458. The van der Waals surface area contributed by atoms with Gasteiger partial charge in [0.1, 0.15) is 5.75 Å². The average molecular weight is 470 g/mol. The largest absolute Gasteiger partial charge is 0.497 e. The highest BCUT2D eigenvalue weighted by Gasteiger charge is 2.45. The van der Waals surface area contributed by atoms with E-state index in [1.54, 1.807) is 18.2 Å². The average Bonchev–Trinajstić information content (AvgIpc) is 2.86. The van der Waals surface area contributed by atoms with E-state index < -0.39 is 30.3 Å². The van der Waals surface area contributed by atoms with Crippen LogP contribution in [0, 0.1) is 11.8 Å². The van der Waals surface area contributed by atoms with Crippen molar-refractivity contribution in [2.24, 2.45) is 11.8 Å². The van der Waals surface area contributed by atoms with Gasteiger partial charge in [-0.05, 0) is 49.4 Å². The number of methoxy groups -OCH3 is 1. The summed E-state index contributed by atoms with van der Waals surface area (Å²) in [5.74, 6) is -1.94. The molecule has 0 saturated carbocycles. The lowest BCUT2D eigenvalue weighted by Crippen LogP contribution is -2.55. The van der Waals surface area contributed by atoms with Crippen LogP contribution in [-0.4, -0.2) is 75.6 Å². The number of aromatic nitrogens is 1. The highest BCUT2D eigenvalue weighted by molar-refractivity contribution is 5.93. The van der Waals surface area contributed by atoms with Crippen LogP contribution in [0.4, 0.5) is 0 Å². The Balaban J connectivity index is 1.68. The zero-order chi connectivity index (χ0) is 24.1. The van der Waals surface area contributed by atoms with E-state index in [-0.39, 0.29) is 23.2 Å². The smallest absolute Gasteiger partial charge is 0.345 e. The lowest BCUT2D eigenvalue weighted by molar-refractivity contribution is -0.165. The van der Waals surface area contributed by atoms with Gasteiger partial charge in [0.2, 0.25) is 0 Å². The van der Waals surface area contributed by atoms with Gasteiger partial charge < -0.3 is 29.5 Å². The van der Waals surface area contributed by atoms with Gasteiger partial charge in [-0.1, -0.05) is 6.08 Å². The molecule has 0 spiro atoms. The first kappa shape index (κ1) is 22.7. The number of fused-ring (bicyclic) bond motifs is 5. The Kier molecular flexibility index (Phi) is 5.76. The summed E-state index contributed by atoms with van der Waals surface area (Å²) in [6, 6.07) is 4.66. The molecule has 34 heavy (non-hydrogen) atoms. The van der Waals surface area contributed by atoms with Crippen LogP contribution in [0.5, 0.6) is 17.4 Å². The monoisotopic (exact) mass is 470 g/mol. The maximum atomic E-state index is 12.5. The summed E-state index contributed by atoms with van der Waals surface area (Å²) >= 11 is 0. The first-order valence-electron chi connectivity index (χ1n) is 11.2. The van der Waals surface area contributed by atoms with E-state index in [9.17, 15) is 24.9 Å². The minimum atomic E-state index is -2.14. The molecule has 10 heteroatoms. The van der Waals surface area contributed by atoms with Crippen molar-refractivity contribution < 1.29 is 39.1 Å². The van der Waals surface area contributed by atoms with Gasteiger partial charge in [-0.15, -0.1) is 6.58 Å². The maximum Gasteiger partial charge on any atom is 0.345 e. The number of rotatable bonds is 4.